The van der Waals surface area contributed by atoms with Gasteiger partial charge in [-0.15, -0.1) is 10.2 Å². The molecule has 0 aliphatic rings. The third kappa shape index (κ3) is 2.78. The van der Waals surface area contributed by atoms with Crippen LogP contribution in [0.1, 0.15) is 23.6 Å². The number of hydrogen-bond acceptors (Lipinski definition) is 6. The number of hydrogen-bond donors (Lipinski definition) is 1. The first kappa shape index (κ1) is 18.2. The molecule has 11 heteroatoms. The lowest BCUT2D eigenvalue weighted by Crippen LogP contribution is -1.98. The fourth-order valence-electron chi connectivity index (χ4n) is 3.32. The molecule has 5 rings (SSSR count). The van der Waals surface area contributed by atoms with Gasteiger partial charge in [0.05, 0.1) is 5.56 Å². The number of ether oxygens (including phenoxy) is 1. The normalized spacial score (nSPS) is 11.8. The van der Waals surface area contributed by atoms with Gasteiger partial charge >= 0.3 is 6.43 Å². The lowest BCUT2D eigenvalue weighted by Gasteiger charge is -2.08. The van der Waals surface area contributed by atoms with E-state index in [9.17, 15) is 13.2 Å². The Morgan fingerprint density at radius 2 is 2.03 bits per heavy atom. The number of halogens is 3. The maximum Gasteiger partial charge on any atom is 0.314 e. The maximum absolute atomic E-state index is 14.9. The molecule has 1 aromatic carbocycles. The highest BCUT2D eigenvalue weighted by Crippen LogP contribution is 2.35. The second kappa shape index (κ2) is 6.58. The zero-order valence-corrected chi connectivity index (χ0v) is 15.7. The second-order valence-electron chi connectivity index (χ2n) is 6.67. The highest BCUT2D eigenvalue weighted by Gasteiger charge is 2.23. The van der Waals surface area contributed by atoms with Crippen molar-refractivity contribution < 1.29 is 22.3 Å². The fraction of sp³-hybridized carbons (Fsp3) is 0.158. The Morgan fingerprint density at radius 1 is 1.20 bits per heavy atom. The van der Waals surface area contributed by atoms with Gasteiger partial charge in [0, 0.05) is 22.8 Å². The van der Waals surface area contributed by atoms with Gasteiger partial charge < -0.3 is 14.1 Å². The van der Waals surface area contributed by atoms with Crippen molar-refractivity contribution in [3.8, 4) is 23.1 Å². The molecule has 8 nitrogen and oxygen atoms in total. The molecule has 30 heavy (non-hydrogen) atoms. The summed E-state index contributed by atoms with van der Waals surface area (Å²) in [5, 5.41) is 11.5. The van der Waals surface area contributed by atoms with Crippen LogP contribution >= 0.6 is 0 Å². The summed E-state index contributed by atoms with van der Waals surface area (Å²) in [6.45, 7) is 3.53. The first-order chi connectivity index (χ1) is 14.4. The quantitative estimate of drug-likeness (QED) is 0.456. The van der Waals surface area contributed by atoms with E-state index in [-0.39, 0.29) is 17.5 Å². The minimum atomic E-state index is -2.88. The first-order valence-corrected chi connectivity index (χ1v) is 8.83. The number of rotatable bonds is 4. The average molecular weight is 414 g/mol. The monoisotopic (exact) mass is 414 g/mol. The summed E-state index contributed by atoms with van der Waals surface area (Å²) in [7, 11) is 0. The van der Waals surface area contributed by atoms with Crippen LogP contribution in [0.15, 0.2) is 35.1 Å². The summed E-state index contributed by atoms with van der Waals surface area (Å²) in [4.78, 5) is 7.17. The third-order valence-corrected chi connectivity index (χ3v) is 4.69. The van der Waals surface area contributed by atoms with Crippen LogP contribution in [0.5, 0.6) is 11.6 Å². The van der Waals surface area contributed by atoms with E-state index in [1.54, 1.807) is 19.1 Å². The lowest BCUT2D eigenvalue weighted by atomic mass is 10.2. The molecule has 0 bridgehead atoms. The van der Waals surface area contributed by atoms with Crippen molar-refractivity contribution in [2.45, 2.75) is 20.3 Å². The van der Waals surface area contributed by atoms with E-state index in [4.69, 9.17) is 9.15 Å². The summed E-state index contributed by atoms with van der Waals surface area (Å²) in [6.07, 6.45) is -0.116. The van der Waals surface area contributed by atoms with E-state index < -0.39 is 18.1 Å². The molecule has 1 N–H and O–H groups in total. The van der Waals surface area contributed by atoms with Crippen LogP contribution in [0.2, 0.25) is 0 Å². The Labute approximate surface area is 166 Å². The van der Waals surface area contributed by atoms with Gasteiger partial charge in [0.1, 0.15) is 11.8 Å². The molecule has 0 aliphatic carbocycles. The maximum atomic E-state index is 14.9. The topological polar surface area (TPSA) is 94.1 Å². The highest BCUT2D eigenvalue weighted by molar-refractivity contribution is 5.83. The molecule has 0 unspecified atom stereocenters. The fourth-order valence-corrected chi connectivity index (χ4v) is 3.32. The summed E-state index contributed by atoms with van der Waals surface area (Å²) in [5.41, 5.74) is 2.82. The van der Waals surface area contributed by atoms with Gasteiger partial charge in [0.15, 0.2) is 11.6 Å². The number of fused-ring (bicyclic) bond motifs is 2. The number of aromatic amines is 1. The molecule has 0 spiro atoms. The van der Waals surface area contributed by atoms with Crippen LogP contribution in [-0.2, 0) is 0 Å². The number of nitrogens with one attached hydrogen (secondary N) is 1. The number of alkyl halides is 2. The number of aryl methyl sites for hydroxylation is 2. The molecule has 0 saturated heterocycles. The Bertz CT molecular complexity index is 1400. The van der Waals surface area contributed by atoms with Crippen LogP contribution in [-0.4, -0.2) is 29.8 Å². The summed E-state index contributed by atoms with van der Waals surface area (Å²) in [5.74, 6) is -1.32. The first-order valence-electron chi connectivity index (χ1n) is 8.83. The van der Waals surface area contributed by atoms with E-state index >= 15 is 0 Å². The molecule has 4 aromatic heterocycles. The predicted octanol–water partition coefficient (Wildman–Crippen LogP) is 4.75. The Kier molecular flexibility index (Phi) is 3.98. The molecular weight excluding hydrogens is 401 g/mol. The molecular formula is C19H13F3N6O2. The van der Waals surface area contributed by atoms with Gasteiger partial charge in [-0.05, 0) is 37.6 Å². The summed E-state index contributed by atoms with van der Waals surface area (Å²) < 4.78 is 52.7. The van der Waals surface area contributed by atoms with Crippen molar-refractivity contribution in [3.63, 3.8) is 0 Å². The lowest BCUT2D eigenvalue weighted by molar-refractivity contribution is 0.116. The van der Waals surface area contributed by atoms with Crippen LogP contribution in [0, 0.1) is 19.7 Å². The van der Waals surface area contributed by atoms with Gasteiger partial charge in [0.2, 0.25) is 11.8 Å². The zero-order chi connectivity index (χ0) is 21.0. The van der Waals surface area contributed by atoms with Crippen molar-refractivity contribution in [2.75, 3.05) is 0 Å². The number of nitrogens with zero attached hydrogens (tertiary/aromatic N) is 5. The van der Waals surface area contributed by atoms with Crippen LogP contribution in [0.25, 0.3) is 27.9 Å². The Morgan fingerprint density at radius 3 is 2.80 bits per heavy atom. The van der Waals surface area contributed by atoms with Gasteiger partial charge in [0.25, 0.3) is 5.89 Å². The van der Waals surface area contributed by atoms with E-state index in [1.807, 2.05) is 6.92 Å². The van der Waals surface area contributed by atoms with E-state index in [1.165, 1.54) is 23.1 Å². The Balaban J connectivity index is 1.60. The Hall–Kier alpha value is -3.89. The molecule has 0 radical (unpaired) electrons. The minimum absolute atomic E-state index is 0.0120. The molecule has 0 fully saturated rings. The smallest absolute Gasteiger partial charge is 0.314 e. The van der Waals surface area contributed by atoms with Crippen molar-refractivity contribution in [1.82, 2.24) is 29.8 Å². The second-order valence-corrected chi connectivity index (χ2v) is 6.67. The predicted molar refractivity (Wildman–Crippen MR) is 99.0 cm³/mol. The third-order valence-electron chi connectivity index (χ3n) is 4.69. The van der Waals surface area contributed by atoms with Crippen molar-refractivity contribution in [1.29, 1.82) is 0 Å². The van der Waals surface area contributed by atoms with E-state index in [0.29, 0.717) is 27.5 Å². The van der Waals surface area contributed by atoms with Crippen molar-refractivity contribution in [2.24, 2.45) is 0 Å². The van der Waals surface area contributed by atoms with Gasteiger partial charge in [-0.2, -0.15) is 18.9 Å². The number of benzene rings is 1. The minimum Gasteiger partial charge on any atom is -0.434 e. The molecule has 152 valence electrons. The standard InChI is InChI=1S/C19H13F3N6O2/c1-8-5-10-12(25-8)3-4-13(14(10)20)29-18-15-9(2)11(6-28(15)24-7-23-18)17-26-27-19(30-17)16(21)22/h3-7,16,25H,1-2H3. The van der Waals surface area contributed by atoms with Crippen LogP contribution < -0.4 is 4.74 Å². The van der Waals surface area contributed by atoms with E-state index in [2.05, 4.69) is 25.3 Å². The van der Waals surface area contributed by atoms with Crippen LogP contribution in [0.3, 0.4) is 0 Å². The largest absolute Gasteiger partial charge is 0.434 e. The van der Waals surface area contributed by atoms with Crippen LogP contribution in [0.4, 0.5) is 13.2 Å². The molecule has 0 atom stereocenters. The van der Waals surface area contributed by atoms with Gasteiger partial charge in [-0.25, -0.2) is 8.91 Å². The summed E-state index contributed by atoms with van der Waals surface area (Å²) in [6, 6.07) is 4.89. The molecule has 0 amide bonds. The summed E-state index contributed by atoms with van der Waals surface area (Å²) >= 11 is 0. The van der Waals surface area contributed by atoms with Crippen molar-refractivity contribution in [3.05, 3.63) is 53.7 Å². The molecule has 0 aliphatic heterocycles. The zero-order valence-electron chi connectivity index (χ0n) is 15.7. The highest BCUT2D eigenvalue weighted by atomic mass is 19.3. The molecule has 0 saturated carbocycles. The molecule has 5 aromatic rings. The number of H-pyrrole nitrogens is 1. The van der Waals surface area contributed by atoms with Crippen molar-refractivity contribution >= 4 is 16.4 Å². The molecule has 4 heterocycles. The van der Waals surface area contributed by atoms with E-state index in [0.717, 1.165) is 5.69 Å². The SMILES string of the molecule is Cc1cc2c(F)c(Oc3ncnn4cc(-c5nnc(C(F)F)o5)c(C)c34)ccc2[nH]1. The number of aromatic nitrogens is 6. The van der Waals surface area contributed by atoms with Gasteiger partial charge in [-0.3, -0.25) is 0 Å². The van der Waals surface area contributed by atoms with Gasteiger partial charge in [-0.1, -0.05) is 0 Å². The average Bonchev–Trinajstić information content (AvgIpc) is 3.41.